The van der Waals surface area contributed by atoms with Crippen LogP contribution in [0, 0.1) is 11.8 Å². The van der Waals surface area contributed by atoms with Crippen LogP contribution in [0.1, 0.15) is 74.4 Å². The van der Waals surface area contributed by atoms with Crippen LogP contribution in [0.25, 0.3) is 0 Å². The van der Waals surface area contributed by atoms with E-state index in [2.05, 4.69) is 35.1 Å². The van der Waals surface area contributed by atoms with Crippen molar-refractivity contribution in [2.45, 2.75) is 89.9 Å². The van der Waals surface area contributed by atoms with Crippen LogP contribution in [0.5, 0.6) is 11.5 Å². The number of nitrogens with one attached hydrogen (secondary N) is 4. The molecule has 4 N–H and O–H groups in total. The van der Waals surface area contributed by atoms with Crippen molar-refractivity contribution in [3.05, 3.63) is 89.5 Å². The largest absolute Gasteiger partial charge is 0.497 e. The molecule has 3 aromatic rings. The van der Waals surface area contributed by atoms with Gasteiger partial charge in [0.25, 0.3) is 5.91 Å². The third-order valence-electron chi connectivity index (χ3n) is 10.9. The van der Waals surface area contributed by atoms with E-state index >= 15 is 0 Å². The maximum absolute atomic E-state index is 14.3. The fourth-order valence-electron chi connectivity index (χ4n) is 7.48. The Kier molecular flexibility index (Phi) is 14.2. The Morgan fingerprint density at radius 2 is 1.61 bits per heavy atom. The fraction of sp³-hybridized carbons (Fsp3) is 0.467. The maximum atomic E-state index is 14.3. The molecule has 14 heteroatoms. The number of ether oxygens (including phenoxy) is 2. The molecular formula is C45H56N6O8. The highest BCUT2D eigenvalue weighted by Gasteiger charge is 2.34. The van der Waals surface area contributed by atoms with Crippen molar-refractivity contribution in [2.24, 2.45) is 11.8 Å². The van der Waals surface area contributed by atoms with Gasteiger partial charge in [0.2, 0.25) is 29.5 Å². The zero-order valence-electron chi connectivity index (χ0n) is 34.3. The van der Waals surface area contributed by atoms with Gasteiger partial charge in [-0.25, -0.2) is 0 Å². The number of carbonyl (C=O) groups is 6. The Morgan fingerprint density at radius 1 is 0.898 bits per heavy atom. The molecule has 59 heavy (non-hydrogen) atoms. The van der Waals surface area contributed by atoms with Gasteiger partial charge in [-0.3, -0.25) is 28.8 Å². The van der Waals surface area contributed by atoms with E-state index in [4.69, 9.17) is 9.47 Å². The summed E-state index contributed by atoms with van der Waals surface area (Å²) in [7, 11) is 1.55. The third kappa shape index (κ3) is 12.1. The summed E-state index contributed by atoms with van der Waals surface area (Å²) in [5, 5.41) is 11.6. The van der Waals surface area contributed by atoms with Crippen molar-refractivity contribution in [2.75, 3.05) is 38.3 Å². The summed E-state index contributed by atoms with van der Waals surface area (Å²) >= 11 is 0. The number of carbonyl (C=O) groups excluding carboxylic acids is 6. The molecule has 4 atom stereocenters. The Hall–Kier alpha value is -5.92. The number of benzene rings is 3. The maximum Gasteiger partial charge on any atom is 0.251 e. The molecule has 3 heterocycles. The van der Waals surface area contributed by atoms with Gasteiger partial charge in [-0.05, 0) is 104 Å². The second-order valence-electron chi connectivity index (χ2n) is 16.3. The van der Waals surface area contributed by atoms with Crippen LogP contribution < -0.4 is 35.6 Å². The normalized spacial score (nSPS) is 22.4. The minimum atomic E-state index is -1.15. The van der Waals surface area contributed by atoms with Gasteiger partial charge in [0.1, 0.15) is 36.2 Å². The van der Waals surface area contributed by atoms with E-state index in [0.717, 1.165) is 24.8 Å². The van der Waals surface area contributed by atoms with Crippen molar-refractivity contribution in [1.82, 2.24) is 26.2 Å². The lowest BCUT2D eigenvalue weighted by Gasteiger charge is -2.29. The molecule has 1 saturated carbocycles. The highest BCUT2D eigenvalue weighted by Crippen LogP contribution is 2.30. The standard InChI is InChI=1S/C45H56N6O8/c1-28(2)22-34-27-59-37-19-11-31(12-20-37)24-39(48-42(54)33-13-15-35(16-14-33)51-21-5-6-41(51)53)44(56)49-38(23-30-9-17-36(58-4)18-10-30)43(55)46-29(3)45(57)50(25-32-7-8-32)26-40(52)47-34/h9-20,28-29,32,34,38-39H,5-8,21-27H2,1-4H3,(H,46,55)(H,47,52)(H,48,54)(H,49,56)/t29-,34+,38+,39+/m1/s1. The van der Waals surface area contributed by atoms with Gasteiger partial charge >= 0.3 is 0 Å². The highest BCUT2D eigenvalue weighted by atomic mass is 16.5. The van der Waals surface area contributed by atoms with E-state index in [9.17, 15) is 28.8 Å². The monoisotopic (exact) mass is 808 g/mol. The zero-order chi connectivity index (χ0) is 42.1. The topological polar surface area (TPSA) is 175 Å². The van der Waals surface area contributed by atoms with Crippen molar-refractivity contribution in [3.8, 4) is 11.5 Å². The minimum absolute atomic E-state index is 0.0308. The lowest BCUT2D eigenvalue weighted by Crippen LogP contribution is -2.58. The Labute approximate surface area is 345 Å². The summed E-state index contributed by atoms with van der Waals surface area (Å²) in [5.74, 6) is -0.703. The van der Waals surface area contributed by atoms with Crippen LogP contribution >= 0.6 is 0 Å². The van der Waals surface area contributed by atoms with Crippen LogP contribution in [0.15, 0.2) is 72.8 Å². The van der Waals surface area contributed by atoms with E-state index in [0.29, 0.717) is 54.2 Å². The molecule has 14 nitrogen and oxygen atoms in total. The molecule has 3 aromatic carbocycles. The molecule has 0 spiro atoms. The van der Waals surface area contributed by atoms with Crippen molar-refractivity contribution < 1.29 is 38.2 Å². The van der Waals surface area contributed by atoms with Gasteiger partial charge in [0.05, 0.1) is 19.7 Å². The number of methoxy groups -OCH3 is 1. The molecule has 1 saturated heterocycles. The summed E-state index contributed by atoms with van der Waals surface area (Å²) in [6, 6.07) is 17.3. The van der Waals surface area contributed by atoms with Gasteiger partial charge in [-0.2, -0.15) is 0 Å². The number of anilines is 1. The van der Waals surface area contributed by atoms with Gasteiger partial charge in [-0.1, -0.05) is 38.1 Å². The second-order valence-corrected chi connectivity index (χ2v) is 16.3. The van der Waals surface area contributed by atoms with Crippen molar-refractivity contribution in [3.63, 3.8) is 0 Å². The number of fused-ring (bicyclic) bond motifs is 17. The SMILES string of the molecule is COc1ccc(C[C@@H]2NC(=O)[C@@H](NC(=O)c3ccc(N4CCCC4=O)cc3)Cc3ccc(cc3)OC[C@H](CC(C)C)NC(=O)CN(CC3CC3)C(=O)[C@@H](C)NC2=O)cc1. The Morgan fingerprint density at radius 3 is 2.24 bits per heavy atom. The Balaban J connectivity index is 1.30. The summed E-state index contributed by atoms with van der Waals surface area (Å²) in [6.07, 6.45) is 3.95. The number of nitrogens with zero attached hydrogens (tertiary/aromatic N) is 2. The number of amides is 6. The average molecular weight is 809 g/mol. The second kappa shape index (κ2) is 19.7. The average Bonchev–Trinajstić information content (AvgIpc) is 3.94. The van der Waals surface area contributed by atoms with E-state index in [1.807, 2.05) is 12.1 Å². The van der Waals surface area contributed by atoms with Crippen molar-refractivity contribution in [1.29, 1.82) is 0 Å². The first-order valence-electron chi connectivity index (χ1n) is 20.6. The summed E-state index contributed by atoms with van der Waals surface area (Å²) < 4.78 is 11.4. The molecule has 2 fully saturated rings. The third-order valence-corrected chi connectivity index (χ3v) is 10.9. The minimum Gasteiger partial charge on any atom is -0.497 e. The molecule has 2 bridgehead atoms. The first-order chi connectivity index (χ1) is 28.3. The number of rotatable bonds is 10. The summed E-state index contributed by atoms with van der Waals surface area (Å²) in [4.78, 5) is 85.2. The molecule has 0 aromatic heterocycles. The molecule has 314 valence electrons. The fourth-order valence-corrected chi connectivity index (χ4v) is 7.48. The number of hydrogen-bond acceptors (Lipinski definition) is 8. The van der Waals surface area contributed by atoms with E-state index in [-0.39, 0.29) is 55.7 Å². The van der Waals surface area contributed by atoms with Gasteiger partial charge in [0, 0.05) is 43.6 Å². The smallest absolute Gasteiger partial charge is 0.251 e. The van der Waals surface area contributed by atoms with Crippen LogP contribution in [0.4, 0.5) is 5.69 Å². The predicted molar refractivity (Wildman–Crippen MR) is 222 cm³/mol. The predicted octanol–water partition coefficient (Wildman–Crippen LogP) is 3.56. The van der Waals surface area contributed by atoms with Crippen LogP contribution in [-0.4, -0.2) is 97.9 Å². The molecule has 7 rings (SSSR count). The Bertz CT molecular complexity index is 1970. The first-order valence-corrected chi connectivity index (χ1v) is 20.6. The molecule has 4 aliphatic rings. The molecular weight excluding hydrogens is 753 g/mol. The van der Waals surface area contributed by atoms with E-state index < -0.39 is 41.8 Å². The molecule has 0 unspecified atom stereocenters. The number of hydrogen-bond donors (Lipinski definition) is 4. The molecule has 0 radical (unpaired) electrons. The van der Waals surface area contributed by atoms with E-state index in [1.54, 1.807) is 79.6 Å². The highest BCUT2D eigenvalue weighted by molar-refractivity contribution is 6.00. The van der Waals surface area contributed by atoms with Gasteiger partial charge in [0.15, 0.2) is 0 Å². The quantitative estimate of drug-likeness (QED) is 0.225. The van der Waals surface area contributed by atoms with E-state index in [1.165, 1.54) is 4.90 Å². The first kappa shape index (κ1) is 42.7. The summed E-state index contributed by atoms with van der Waals surface area (Å²) in [6.45, 7) is 6.72. The van der Waals surface area contributed by atoms with Gasteiger partial charge < -0.3 is 40.5 Å². The van der Waals surface area contributed by atoms with Crippen LogP contribution in [0.2, 0.25) is 0 Å². The lowest BCUT2D eigenvalue weighted by molar-refractivity contribution is -0.140. The van der Waals surface area contributed by atoms with Gasteiger partial charge in [-0.15, -0.1) is 0 Å². The summed E-state index contributed by atoms with van der Waals surface area (Å²) in [5.41, 5.74) is 2.42. The van der Waals surface area contributed by atoms with Crippen LogP contribution in [0.3, 0.4) is 0 Å². The lowest BCUT2D eigenvalue weighted by atomic mass is 10.0. The zero-order valence-corrected chi connectivity index (χ0v) is 34.3. The van der Waals surface area contributed by atoms with Crippen LogP contribution in [-0.2, 0) is 36.8 Å². The van der Waals surface area contributed by atoms with Crippen molar-refractivity contribution >= 4 is 41.1 Å². The molecule has 6 amide bonds. The molecule has 1 aliphatic carbocycles. The molecule has 3 aliphatic heterocycles.